The number of hydrogen-bond acceptors (Lipinski definition) is 2. The van der Waals surface area contributed by atoms with Gasteiger partial charge in [-0.2, -0.15) is 0 Å². The first-order valence-corrected chi connectivity index (χ1v) is 8.95. The molecule has 0 saturated heterocycles. The van der Waals surface area contributed by atoms with E-state index in [4.69, 9.17) is 0 Å². The van der Waals surface area contributed by atoms with E-state index in [2.05, 4.69) is 35.6 Å². The molecular formula is C17H16INOS. The molecule has 0 spiro atoms. The van der Waals surface area contributed by atoms with Crippen molar-refractivity contribution in [1.29, 1.82) is 0 Å². The second kappa shape index (κ2) is 6.40. The van der Waals surface area contributed by atoms with Gasteiger partial charge >= 0.3 is 0 Å². The molecule has 0 unspecified atom stereocenters. The summed E-state index contributed by atoms with van der Waals surface area (Å²) in [6.07, 6.45) is 1.01. The Morgan fingerprint density at radius 1 is 1.19 bits per heavy atom. The standard InChI is InChI=1S/C17H16INOS/c1-12-10-11-19(15-8-4-5-9-16(15)21-12)17(20)13-6-2-3-7-14(13)18/h2-9,12H,10-11H2,1H3/t12-/m1/s1. The van der Waals surface area contributed by atoms with Crippen LogP contribution in [0.5, 0.6) is 0 Å². The number of nitrogens with zero attached hydrogens (tertiary/aromatic N) is 1. The topological polar surface area (TPSA) is 20.3 Å². The molecule has 4 heteroatoms. The van der Waals surface area contributed by atoms with Gasteiger partial charge in [-0.15, -0.1) is 11.8 Å². The van der Waals surface area contributed by atoms with Crippen LogP contribution in [0, 0.1) is 3.57 Å². The van der Waals surface area contributed by atoms with Crippen molar-refractivity contribution in [3.63, 3.8) is 0 Å². The molecule has 1 atom stereocenters. The maximum Gasteiger partial charge on any atom is 0.259 e. The van der Waals surface area contributed by atoms with Crippen LogP contribution < -0.4 is 4.90 Å². The van der Waals surface area contributed by atoms with Crippen LogP contribution in [-0.4, -0.2) is 17.7 Å². The molecule has 3 rings (SSSR count). The van der Waals surface area contributed by atoms with E-state index in [1.165, 1.54) is 4.90 Å². The highest BCUT2D eigenvalue weighted by molar-refractivity contribution is 14.1. The quantitative estimate of drug-likeness (QED) is 0.630. The summed E-state index contributed by atoms with van der Waals surface area (Å²) in [7, 11) is 0. The molecule has 1 heterocycles. The molecule has 1 aliphatic heterocycles. The van der Waals surface area contributed by atoms with Crippen LogP contribution in [0.2, 0.25) is 0 Å². The maximum atomic E-state index is 13.0. The number of anilines is 1. The third-order valence-corrected chi connectivity index (χ3v) is 5.77. The molecule has 0 N–H and O–H groups in total. The van der Waals surface area contributed by atoms with Crippen molar-refractivity contribution in [2.45, 2.75) is 23.5 Å². The zero-order chi connectivity index (χ0) is 14.8. The van der Waals surface area contributed by atoms with Crippen LogP contribution in [0.25, 0.3) is 0 Å². The Balaban J connectivity index is 2.02. The van der Waals surface area contributed by atoms with Crippen molar-refractivity contribution in [3.05, 3.63) is 57.7 Å². The Hall–Kier alpha value is -1.01. The Kier molecular flexibility index (Phi) is 4.54. The largest absolute Gasteiger partial charge is 0.307 e. The lowest BCUT2D eigenvalue weighted by atomic mass is 10.1. The minimum Gasteiger partial charge on any atom is -0.307 e. The van der Waals surface area contributed by atoms with Crippen molar-refractivity contribution in [2.75, 3.05) is 11.4 Å². The summed E-state index contributed by atoms with van der Waals surface area (Å²) in [5, 5.41) is 0.527. The van der Waals surface area contributed by atoms with Crippen molar-refractivity contribution in [3.8, 4) is 0 Å². The molecule has 0 radical (unpaired) electrons. The Labute approximate surface area is 143 Å². The molecule has 0 bridgehead atoms. The first-order chi connectivity index (χ1) is 10.2. The molecule has 2 aromatic rings. The molecule has 0 aliphatic carbocycles. The van der Waals surface area contributed by atoms with Crippen LogP contribution >= 0.6 is 34.4 Å². The lowest BCUT2D eigenvalue weighted by molar-refractivity contribution is 0.0985. The van der Waals surface area contributed by atoms with Gasteiger partial charge in [0.2, 0.25) is 0 Å². The van der Waals surface area contributed by atoms with Gasteiger partial charge in [-0.3, -0.25) is 4.79 Å². The molecule has 0 fully saturated rings. The number of amides is 1. The second-order valence-electron chi connectivity index (χ2n) is 5.12. The fourth-order valence-electron chi connectivity index (χ4n) is 2.48. The lowest BCUT2D eigenvalue weighted by Gasteiger charge is -2.23. The number of halogens is 1. The number of thioether (sulfide) groups is 1. The van der Waals surface area contributed by atoms with Crippen LogP contribution in [0.15, 0.2) is 53.4 Å². The van der Waals surface area contributed by atoms with Gasteiger partial charge < -0.3 is 4.90 Å². The number of fused-ring (bicyclic) bond motifs is 1. The highest BCUT2D eigenvalue weighted by Crippen LogP contribution is 2.38. The third kappa shape index (κ3) is 3.11. The SMILES string of the molecule is C[C@@H]1CCN(C(=O)c2ccccc2I)c2ccccc2S1. The second-order valence-corrected chi connectivity index (χ2v) is 7.76. The normalized spacial score (nSPS) is 18.0. The first-order valence-electron chi connectivity index (χ1n) is 6.99. The highest BCUT2D eigenvalue weighted by Gasteiger charge is 2.25. The highest BCUT2D eigenvalue weighted by atomic mass is 127. The van der Waals surface area contributed by atoms with Gasteiger partial charge in [0.25, 0.3) is 5.91 Å². The zero-order valence-corrected chi connectivity index (χ0v) is 14.7. The number of carbonyl (C=O) groups is 1. The predicted molar refractivity (Wildman–Crippen MR) is 97.2 cm³/mol. The van der Waals surface area contributed by atoms with Crippen LogP contribution in [0.3, 0.4) is 0 Å². The zero-order valence-electron chi connectivity index (χ0n) is 11.8. The lowest BCUT2D eigenvalue weighted by Crippen LogP contribution is -2.32. The molecule has 1 aliphatic rings. The van der Waals surface area contributed by atoms with Crippen molar-refractivity contribution in [1.82, 2.24) is 0 Å². The number of rotatable bonds is 1. The average Bonchev–Trinajstić information content (AvgIpc) is 2.65. The van der Waals surface area contributed by atoms with Crippen molar-refractivity contribution >= 4 is 45.9 Å². The number of hydrogen-bond donors (Lipinski definition) is 0. The van der Waals surface area contributed by atoms with E-state index >= 15 is 0 Å². The smallest absolute Gasteiger partial charge is 0.259 e. The molecule has 0 aromatic heterocycles. The van der Waals surface area contributed by atoms with Gasteiger partial charge in [0.15, 0.2) is 0 Å². The van der Waals surface area contributed by atoms with E-state index in [0.717, 1.165) is 27.8 Å². The summed E-state index contributed by atoms with van der Waals surface area (Å²) in [6, 6.07) is 16.0. The molecule has 108 valence electrons. The van der Waals surface area contributed by atoms with E-state index < -0.39 is 0 Å². The third-order valence-electron chi connectivity index (χ3n) is 3.59. The van der Waals surface area contributed by atoms with E-state index in [1.807, 2.05) is 59.1 Å². The average molecular weight is 409 g/mol. The fraction of sp³-hybridized carbons (Fsp3) is 0.235. The Morgan fingerprint density at radius 2 is 1.90 bits per heavy atom. The number of benzene rings is 2. The van der Waals surface area contributed by atoms with E-state index in [-0.39, 0.29) is 5.91 Å². The van der Waals surface area contributed by atoms with Crippen molar-refractivity contribution < 1.29 is 4.79 Å². The monoisotopic (exact) mass is 409 g/mol. The van der Waals surface area contributed by atoms with Gasteiger partial charge in [-0.25, -0.2) is 0 Å². The molecule has 0 saturated carbocycles. The molecule has 21 heavy (non-hydrogen) atoms. The van der Waals surface area contributed by atoms with Gasteiger partial charge in [-0.05, 0) is 53.3 Å². The summed E-state index contributed by atoms with van der Waals surface area (Å²) >= 11 is 4.09. The predicted octanol–water partition coefficient (Wildman–Crippen LogP) is 4.82. The van der Waals surface area contributed by atoms with E-state index in [0.29, 0.717) is 5.25 Å². The number of carbonyl (C=O) groups excluding carboxylic acids is 1. The van der Waals surface area contributed by atoms with Gasteiger partial charge in [0.05, 0.1) is 11.3 Å². The molecule has 2 aromatic carbocycles. The Morgan fingerprint density at radius 3 is 2.71 bits per heavy atom. The fourth-order valence-corrected chi connectivity index (χ4v) is 4.21. The van der Waals surface area contributed by atoms with Crippen LogP contribution in [0.4, 0.5) is 5.69 Å². The molecule has 2 nitrogen and oxygen atoms in total. The molecular weight excluding hydrogens is 393 g/mol. The minimum atomic E-state index is 0.0992. The van der Waals surface area contributed by atoms with Crippen LogP contribution in [-0.2, 0) is 0 Å². The van der Waals surface area contributed by atoms with Gasteiger partial charge in [-0.1, -0.05) is 31.2 Å². The number of para-hydroxylation sites is 1. The maximum absolute atomic E-state index is 13.0. The summed E-state index contributed by atoms with van der Waals surface area (Å²) in [5.74, 6) is 0.0992. The summed E-state index contributed by atoms with van der Waals surface area (Å²) in [4.78, 5) is 16.1. The Bertz CT molecular complexity index is 673. The summed E-state index contributed by atoms with van der Waals surface area (Å²) in [5.41, 5.74) is 1.82. The van der Waals surface area contributed by atoms with E-state index in [9.17, 15) is 4.79 Å². The first kappa shape index (κ1) is 14.9. The summed E-state index contributed by atoms with van der Waals surface area (Å²) in [6.45, 7) is 3.00. The van der Waals surface area contributed by atoms with E-state index in [1.54, 1.807) is 0 Å². The van der Waals surface area contributed by atoms with Crippen molar-refractivity contribution in [2.24, 2.45) is 0 Å². The molecule has 1 amide bonds. The van der Waals surface area contributed by atoms with Gasteiger partial charge in [0, 0.05) is 20.3 Å². The summed E-state index contributed by atoms with van der Waals surface area (Å²) < 4.78 is 1.00. The van der Waals surface area contributed by atoms with Gasteiger partial charge in [0.1, 0.15) is 0 Å². The minimum absolute atomic E-state index is 0.0992. The van der Waals surface area contributed by atoms with Crippen LogP contribution in [0.1, 0.15) is 23.7 Å².